The second-order valence-electron chi connectivity index (χ2n) is 4.66. The van der Waals surface area contributed by atoms with Crippen molar-refractivity contribution in [3.63, 3.8) is 0 Å². The van der Waals surface area contributed by atoms with Gasteiger partial charge >= 0.3 is 6.18 Å². The van der Waals surface area contributed by atoms with Gasteiger partial charge in [-0.15, -0.1) is 0 Å². The van der Waals surface area contributed by atoms with Crippen molar-refractivity contribution in [1.29, 1.82) is 5.26 Å². The standard InChI is InChI=1S/C16H13F3N4O2/c1-24-14-8-11(2-4-13(14)25-7-6-20)9-22-23-15-5-3-12(10-21-15)16(17,18)19/h2-5,8-10H,7H2,1H3,(H,21,23)/b22-9-. The van der Waals surface area contributed by atoms with Gasteiger partial charge in [0.05, 0.1) is 18.9 Å². The Morgan fingerprint density at radius 2 is 2.08 bits per heavy atom. The molecular formula is C16H13F3N4O2. The topological polar surface area (TPSA) is 79.5 Å². The molecular weight excluding hydrogens is 337 g/mol. The molecule has 0 saturated carbocycles. The second-order valence-corrected chi connectivity index (χ2v) is 4.66. The summed E-state index contributed by atoms with van der Waals surface area (Å²) in [7, 11) is 1.46. The van der Waals surface area contributed by atoms with E-state index in [2.05, 4.69) is 15.5 Å². The van der Waals surface area contributed by atoms with Crippen LogP contribution in [0.2, 0.25) is 0 Å². The van der Waals surface area contributed by atoms with E-state index in [1.54, 1.807) is 18.2 Å². The van der Waals surface area contributed by atoms with Gasteiger partial charge in [-0.05, 0) is 35.9 Å². The number of pyridine rings is 1. The number of nitrogens with one attached hydrogen (secondary N) is 1. The average molecular weight is 350 g/mol. The van der Waals surface area contributed by atoms with E-state index in [1.807, 2.05) is 6.07 Å². The van der Waals surface area contributed by atoms with E-state index in [4.69, 9.17) is 14.7 Å². The fraction of sp³-hybridized carbons (Fsp3) is 0.188. The van der Waals surface area contributed by atoms with Gasteiger partial charge in [-0.2, -0.15) is 23.5 Å². The molecule has 0 spiro atoms. The Labute approximate surface area is 141 Å². The smallest absolute Gasteiger partial charge is 0.417 e. The summed E-state index contributed by atoms with van der Waals surface area (Å²) >= 11 is 0. The molecule has 2 rings (SSSR count). The summed E-state index contributed by atoms with van der Waals surface area (Å²) in [6.07, 6.45) is -2.27. The summed E-state index contributed by atoms with van der Waals surface area (Å²) in [5.74, 6) is 1.01. The molecule has 0 radical (unpaired) electrons. The van der Waals surface area contributed by atoms with Crippen LogP contribution in [0.3, 0.4) is 0 Å². The Balaban J connectivity index is 2.03. The van der Waals surface area contributed by atoms with Crippen molar-refractivity contribution in [2.75, 3.05) is 19.1 Å². The number of benzene rings is 1. The van der Waals surface area contributed by atoms with Crippen molar-refractivity contribution in [2.24, 2.45) is 5.10 Å². The molecule has 1 aromatic heterocycles. The number of methoxy groups -OCH3 is 1. The SMILES string of the molecule is COc1cc(/C=N\Nc2ccc(C(F)(F)F)cn2)ccc1OCC#N. The van der Waals surface area contributed by atoms with E-state index >= 15 is 0 Å². The molecule has 25 heavy (non-hydrogen) atoms. The number of aromatic nitrogens is 1. The predicted molar refractivity (Wildman–Crippen MR) is 84.6 cm³/mol. The average Bonchev–Trinajstić information content (AvgIpc) is 2.60. The van der Waals surface area contributed by atoms with Gasteiger partial charge in [0.15, 0.2) is 18.1 Å². The summed E-state index contributed by atoms with van der Waals surface area (Å²) in [6.45, 7) is -0.106. The van der Waals surface area contributed by atoms with Crippen LogP contribution in [0.4, 0.5) is 19.0 Å². The van der Waals surface area contributed by atoms with Crippen LogP contribution in [0.15, 0.2) is 41.6 Å². The number of alkyl halides is 3. The van der Waals surface area contributed by atoms with E-state index in [9.17, 15) is 13.2 Å². The highest BCUT2D eigenvalue weighted by Crippen LogP contribution is 2.29. The van der Waals surface area contributed by atoms with Gasteiger partial charge in [-0.3, -0.25) is 5.43 Å². The minimum Gasteiger partial charge on any atom is -0.493 e. The third kappa shape index (κ3) is 5.10. The van der Waals surface area contributed by atoms with Crippen LogP contribution < -0.4 is 14.9 Å². The summed E-state index contributed by atoms with van der Waals surface area (Å²) in [5, 5.41) is 12.4. The van der Waals surface area contributed by atoms with Crippen LogP contribution >= 0.6 is 0 Å². The van der Waals surface area contributed by atoms with Crippen LogP contribution in [0.25, 0.3) is 0 Å². The van der Waals surface area contributed by atoms with Gasteiger partial charge in [0.1, 0.15) is 11.9 Å². The lowest BCUT2D eigenvalue weighted by molar-refractivity contribution is -0.137. The summed E-state index contributed by atoms with van der Waals surface area (Å²) in [6, 6.07) is 8.89. The minimum atomic E-state index is -4.43. The first-order valence-electron chi connectivity index (χ1n) is 6.94. The number of anilines is 1. The fourth-order valence-corrected chi connectivity index (χ4v) is 1.79. The van der Waals surface area contributed by atoms with Crippen LogP contribution in [0, 0.1) is 11.3 Å². The molecule has 0 saturated heterocycles. The molecule has 0 aliphatic rings. The number of nitrogens with zero attached hydrogens (tertiary/aromatic N) is 3. The molecule has 1 heterocycles. The molecule has 2 aromatic rings. The predicted octanol–water partition coefficient (Wildman–Crippen LogP) is 3.46. The van der Waals surface area contributed by atoms with Gasteiger partial charge in [0.25, 0.3) is 0 Å². The number of hydrogen-bond donors (Lipinski definition) is 1. The molecule has 0 bridgehead atoms. The Morgan fingerprint density at radius 3 is 2.68 bits per heavy atom. The van der Waals surface area contributed by atoms with Crippen molar-refractivity contribution < 1.29 is 22.6 Å². The zero-order valence-corrected chi connectivity index (χ0v) is 13.0. The number of hydrogen-bond acceptors (Lipinski definition) is 6. The molecule has 0 unspecified atom stereocenters. The van der Waals surface area contributed by atoms with Crippen molar-refractivity contribution in [1.82, 2.24) is 4.98 Å². The third-order valence-corrected chi connectivity index (χ3v) is 2.96. The number of ether oxygens (including phenoxy) is 2. The van der Waals surface area contributed by atoms with E-state index in [-0.39, 0.29) is 12.4 Å². The van der Waals surface area contributed by atoms with Crippen molar-refractivity contribution >= 4 is 12.0 Å². The first kappa shape index (κ1) is 18.1. The Hall–Kier alpha value is -3.28. The highest BCUT2D eigenvalue weighted by atomic mass is 19.4. The van der Waals surface area contributed by atoms with E-state index < -0.39 is 11.7 Å². The summed E-state index contributed by atoms with van der Waals surface area (Å²) in [4.78, 5) is 3.64. The molecule has 0 amide bonds. The summed E-state index contributed by atoms with van der Waals surface area (Å²) in [5.41, 5.74) is 2.35. The zero-order valence-electron chi connectivity index (χ0n) is 13.0. The maximum Gasteiger partial charge on any atom is 0.417 e. The van der Waals surface area contributed by atoms with Gasteiger partial charge in [-0.1, -0.05) is 0 Å². The van der Waals surface area contributed by atoms with E-state index in [1.165, 1.54) is 19.4 Å². The first-order chi connectivity index (χ1) is 11.9. The van der Waals surface area contributed by atoms with Crippen LogP contribution in [0.1, 0.15) is 11.1 Å². The molecule has 9 heteroatoms. The molecule has 1 N–H and O–H groups in total. The highest BCUT2D eigenvalue weighted by Gasteiger charge is 2.30. The number of hydrazone groups is 1. The van der Waals surface area contributed by atoms with Gasteiger partial charge in [-0.25, -0.2) is 4.98 Å². The monoisotopic (exact) mass is 350 g/mol. The minimum absolute atomic E-state index is 0.106. The first-order valence-corrected chi connectivity index (χ1v) is 6.94. The molecule has 1 aromatic carbocycles. The lowest BCUT2D eigenvalue weighted by Crippen LogP contribution is -2.05. The largest absolute Gasteiger partial charge is 0.493 e. The maximum absolute atomic E-state index is 12.4. The van der Waals surface area contributed by atoms with E-state index in [0.717, 1.165) is 12.3 Å². The van der Waals surface area contributed by atoms with E-state index in [0.29, 0.717) is 17.1 Å². The molecule has 0 fully saturated rings. The zero-order chi connectivity index (χ0) is 18.3. The number of rotatable bonds is 6. The molecule has 6 nitrogen and oxygen atoms in total. The summed E-state index contributed by atoms with van der Waals surface area (Å²) < 4.78 is 47.7. The maximum atomic E-state index is 12.4. The van der Waals surface area contributed by atoms with Crippen molar-refractivity contribution in [2.45, 2.75) is 6.18 Å². The van der Waals surface area contributed by atoms with Gasteiger partial charge in [0, 0.05) is 6.20 Å². The molecule has 0 atom stereocenters. The molecule has 130 valence electrons. The normalized spacial score (nSPS) is 11.2. The van der Waals surface area contributed by atoms with Crippen molar-refractivity contribution in [3.8, 4) is 17.6 Å². The van der Waals surface area contributed by atoms with Gasteiger partial charge < -0.3 is 9.47 Å². The van der Waals surface area contributed by atoms with Gasteiger partial charge in [0.2, 0.25) is 0 Å². The third-order valence-electron chi connectivity index (χ3n) is 2.96. The van der Waals surface area contributed by atoms with Crippen LogP contribution in [-0.2, 0) is 6.18 Å². The molecule has 0 aliphatic carbocycles. The Kier molecular flexibility index (Phi) is 5.79. The lowest BCUT2D eigenvalue weighted by Gasteiger charge is -2.08. The lowest BCUT2D eigenvalue weighted by atomic mass is 10.2. The fourth-order valence-electron chi connectivity index (χ4n) is 1.79. The number of halogens is 3. The highest BCUT2D eigenvalue weighted by molar-refractivity contribution is 5.81. The van der Waals surface area contributed by atoms with Crippen LogP contribution in [-0.4, -0.2) is 24.9 Å². The molecule has 0 aliphatic heterocycles. The quantitative estimate of drug-likeness (QED) is 0.637. The Morgan fingerprint density at radius 1 is 1.28 bits per heavy atom. The number of nitriles is 1. The second kappa shape index (κ2) is 8.01. The Bertz CT molecular complexity index is 783. The van der Waals surface area contributed by atoms with Crippen LogP contribution in [0.5, 0.6) is 11.5 Å². The van der Waals surface area contributed by atoms with Crippen molar-refractivity contribution in [3.05, 3.63) is 47.7 Å².